The summed E-state index contributed by atoms with van der Waals surface area (Å²) in [4.78, 5) is 25.4. The van der Waals surface area contributed by atoms with Crippen molar-refractivity contribution in [3.63, 3.8) is 0 Å². The first-order valence-electron chi connectivity index (χ1n) is 4.99. The molecule has 1 aromatic carbocycles. The van der Waals surface area contributed by atoms with Crippen molar-refractivity contribution >= 4 is 23.6 Å². The topological polar surface area (TPSA) is 46.6 Å². The molecule has 3 rings (SSSR count). The second kappa shape index (κ2) is 3.52. The highest BCUT2D eigenvalue weighted by atomic mass is 32.2. The molecule has 0 unspecified atom stereocenters. The number of hydrogen-bond acceptors (Lipinski definition) is 4. The number of nitrogens with zero attached hydrogens (tertiary/aromatic N) is 1. The van der Waals surface area contributed by atoms with Crippen molar-refractivity contribution in [2.45, 2.75) is 22.9 Å². The van der Waals surface area contributed by atoms with Crippen LogP contribution in [0.15, 0.2) is 35.2 Å². The van der Waals surface area contributed by atoms with Gasteiger partial charge in [0.25, 0.3) is 0 Å². The molecule has 2 aliphatic rings. The Bertz CT molecular complexity index is 448. The zero-order chi connectivity index (χ0) is 11.1. The van der Waals surface area contributed by atoms with Crippen LogP contribution in [-0.4, -0.2) is 28.4 Å². The summed E-state index contributed by atoms with van der Waals surface area (Å²) in [5.74, 6) is -0.325. The van der Waals surface area contributed by atoms with E-state index >= 15 is 0 Å². The Morgan fingerprint density at radius 2 is 2.00 bits per heavy atom. The van der Waals surface area contributed by atoms with E-state index in [1.807, 2.05) is 30.3 Å². The molecule has 2 fully saturated rings. The lowest BCUT2D eigenvalue weighted by atomic mass is 10.2. The van der Waals surface area contributed by atoms with Crippen LogP contribution in [0.25, 0.3) is 0 Å². The first kappa shape index (κ1) is 9.72. The molecule has 2 aliphatic heterocycles. The lowest BCUT2D eigenvalue weighted by Crippen LogP contribution is -2.51. The third kappa shape index (κ3) is 1.39. The van der Waals surface area contributed by atoms with Gasteiger partial charge in [0.05, 0.1) is 6.42 Å². The maximum Gasteiger partial charge on any atom is 0.341 e. The zero-order valence-corrected chi connectivity index (χ0v) is 9.15. The van der Waals surface area contributed by atoms with E-state index < -0.39 is 5.37 Å². The average molecular weight is 235 g/mol. The van der Waals surface area contributed by atoms with Gasteiger partial charge in [0.15, 0.2) is 11.6 Å². The van der Waals surface area contributed by atoms with Gasteiger partial charge < -0.3 is 4.74 Å². The summed E-state index contributed by atoms with van der Waals surface area (Å²) in [6.07, 6.45) is 0.0126. The molecule has 2 saturated heterocycles. The molecule has 1 aromatic rings. The predicted molar refractivity (Wildman–Crippen MR) is 57.4 cm³/mol. The molecular weight excluding hydrogens is 226 g/mol. The fraction of sp³-hybridized carbons (Fsp3) is 0.273. The molecule has 1 amide bonds. The van der Waals surface area contributed by atoms with Crippen molar-refractivity contribution < 1.29 is 14.3 Å². The second-order valence-corrected chi connectivity index (χ2v) is 4.83. The molecule has 0 spiro atoms. The average Bonchev–Trinajstić information content (AvgIpc) is 2.52. The summed E-state index contributed by atoms with van der Waals surface area (Å²) in [5, 5.41) is -0.506. The van der Waals surface area contributed by atoms with Crippen LogP contribution in [0.3, 0.4) is 0 Å². The molecule has 0 radical (unpaired) electrons. The number of carbonyl (C=O) groups is 2. The van der Waals surface area contributed by atoms with Gasteiger partial charge in [-0.1, -0.05) is 30.0 Å². The minimum atomic E-state index is -0.506. The third-order valence-corrected chi connectivity index (χ3v) is 3.83. The van der Waals surface area contributed by atoms with Crippen LogP contribution in [0.2, 0.25) is 0 Å². The van der Waals surface area contributed by atoms with Crippen molar-refractivity contribution in [3.8, 4) is 0 Å². The van der Waals surface area contributed by atoms with Crippen LogP contribution in [-0.2, 0) is 14.3 Å². The van der Waals surface area contributed by atoms with Gasteiger partial charge in [-0.15, -0.1) is 0 Å². The van der Waals surface area contributed by atoms with E-state index in [1.54, 1.807) is 0 Å². The molecular formula is C11H9NO3S. The highest BCUT2D eigenvalue weighted by molar-refractivity contribution is 8.00. The Labute approximate surface area is 96.6 Å². The Kier molecular flexibility index (Phi) is 2.14. The van der Waals surface area contributed by atoms with Gasteiger partial charge in [0.2, 0.25) is 5.91 Å². The Morgan fingerprint density at radius 1 is 1.25 bits per heavy atom. The van der Waals surface area contributed by atoms with Gasteiger partial charge in [0, 0.05) is 4.90 Å². The number of carbonyl (C=O) groups excluding carboxylic acids is 2. The zero-order valence-electron chi connectivity index (χ0n) is 8.33. The number of benzene rings is 1. The number of amides is 1. The van der Waals surface area contributed by atoms with Crippen molar-refractivity contribution in [1.82, 2.24) is 4.90 Å². The lowest BCUT2D eigenvalue weighted by molar-refractivity contribution is -0.159. The Morgan fingerprint density at radius 3 is 2.69 bits per heavy atom. The maximum atomic E-state index is 11.5. The van der Waals surface area contributed by atoms with E-state index in [1.165, 1.54) is 16.7 Å². The molecule has 4 nitrogen and oxygen atoms in total. The van der Waals surface area contributed by atoms with Gasteiger partial charge in [-0.2, -0.15) is 0 Å². The Balaban J connectivity index is 1.80. The monoisotopic (exact) mass is 235 g/mol. The molecule has 82 valence electrons. The van der Waals surface area contributed by atoms with Crippen LogP contribution in [0.5, 0.6) is 0 Å². The van der Waals surface area contributed by atoms with Crippen molar-refractivity contribution in [2.75, 3.05) is 0 Å². The highest BCUT2D eigenvalue weighted by Gasteiger charge is 2.53. The highest BCUT2D eigenvalue weighted by Crippen LogP contribution is 2.38. The van der Waals surface area contributed by atoms with E-state index in [2.05, 4.69) is 0 Å². The molecule has 0 bridgehead atoms. The number of thioether (sulfide) groups is 1. The minimum absolute atomic E-state index is 0.00992. The van der Waals surface area contributed by atoms with Crippen LogP contribution in [0.4, 0.5) is 0 Å². The van der Waals surface area contributed by atoms with Crippen LogP contribution >= 0.6 is 11.8 Å². The van der Waals surface area contributed by atoms with Crippen molar-refractivity contribution in [2.24, 2.45) is 0 Å². The second-order valence-electron chi connectivity index (χ2n) is 3.68. The molecule has 0 N–H and O–H groups in total. The quantitative estimate of drug-likeness (QED) is 0.571. The first-order chi connectivity index (χ1) is 7.75. The number of esters is 1. The van der Waals surface area contributed by atoms with E-state index in [4.69, 9.17) is 4.74 Å². The fourth-order valence-electron chi connectivity index (χ4n) is 1.82. The largest absolute Gasteiger partial charge is 0.439 e. The summed E-state index contributed by atoms with van der Waals surface area (Å²) < 4.78 is 5.06. The molecule has 0 aliphatic carbocycles. The fourth-order valence-corrected chi connectivity index (χ4v) is 2.91. The summed E-state index contributed by atoms with van der Waals surface area (Å²) in [7, 11) is 0. The standard InChI is InChI=1S/C11H9NO3S/c13-8-6-9-12(8)10(11(14)15-9)16-7-4-2-1-3-5-7/h1-5,9-10H,6H2/t9-,10+/m1/s1. The van der Waals surface area contributed by atoms with Gasteiger partial charge in [-0.25, -0.2) is 4.79 Å². The molecule has 16 heavy (non-hydrogen) atoms. The smallest absolute Gasteiger partial charge is 0.341 e. The van der Waals surface area contributed by atoms with Gasteiger partial charge in [0.1, 0.15) is 0 Å². The summed E-state index contributed by atoms with van der Waals surface area (Å²) in [6, 6.07) is 9.54. The lowest BCUT2D eigenvalue weighted by Gasteiger charge is -2.33. The number of ether oxygens (including phenoxy) is 1. The number of hydrogen-bond donors (Lipinski definition) is 0. The SMILES string of the molecule is O=C1O[C@@H]2CC(=O)N2[C@H]1Sc1ccccc1. The van der Waals surface area contributed by atoms with E-state index in [0.29, 0.717) is 6.42 Å². The normalized spacial score (nSPS) is 27.4. The summed E-state index contributed by atoms with van der Waals surface area (Å²) in [5.41, 5.74) is 0. The van der Waals surface area contributed by atoms with Crippen LogP contribution < -0.4 is 0 Å². The number of fused-ring (bicyclic) bond motifs is 1. The number of rotatable bonds is 2. The molecule has 0 saturated carbocycles. The van der Waals surface area contributed by atoms with Gasteiger partial charge in [-0.3, -0.25) is 9.69 Å². The van der Waals surface area contributed by atoms with Gasteiger partial charge in [-0.05, 0) is 12.1 Å². The van der Waals surface area contributed by atoms with Crippen molar-refractivity contribution in [3.05, 3.63) is 30.3 Å². The molecule has 5 heteroatoms. The molecule has 2 atom stereocenters. The van der Waals surface area contributed by atoms with E-state index in [9.17, 15) is 9.59 Å². The predicted octanol–water partition coefficient (Wildman–Crippen LogP) is 1.22. The first-order valence-corrected chi connectivity index (χ1v) is 5.87. The third-order valence-electron chi connectivity index (χ3n) is 2.64. The Hall–Kier alpha value is -1.49. The van der Waals surface area contributed by atoms with E-state index in [0.717, 1.165) is 4.90 Å². The van der Waals surface area contributed by atoms with E-state index in [-0.39, 0.29) is 18.1 Å². The van der Waals surface area contributed by atoms with Crippen LogP contribution in [0.1, 0.15) is 6.42 Å². The number of β-lactam (4-membered cyclic amide) rings is 1. The van der Waals surface area contributed by atoms with Crippen molar-refractivity contribution in [1.29, 1.82) is 0 Å². The summed E-state index contributed by atoms with van der Waals surface area (Å²) in [6.45, 7) is 0. The van der Waals surface area contributed by atoms with Gasteiger partial charge >= 0.3 is 5.97 Å². The van der Waals surface area contributed by atoms with Crippen LogP contribution in [0, 0.1) is 0 Å². The molecule has 2 heterocycles. The minimum Gasteiger partial charge on any atom is -0.439 e. The summed E-state index contributed by atoms with van der Waals surface area (Å²) >= 11 is 1.36. The maximum absolute atomic E-state index is 11.5. The molecule has 0 aromatic heterocycles.